The molecule has 2 fully saturated rings. The highest BCUT2D eigenvalue weighted by Gasteiger charge is 2.29. The summed E-state index contributed by atoms with van der Waals surface area (Å²) in [6, 6.07) is 8.58. The Morgan fingerprint density at radius 2 is 1.85 bits per heavy atom. The molecule has 0 radical (unpaired) electrons. The minimum Gasteiger partial charge on any atom is -0.487 e. The van der Waals surface area contributed by atoms with Crippen molar-refractivity contribution in [3.63, 3.8) is 0 Å². The second-order valence-electron chi connectivity index (χ2n) is 12.1. The maximum Gasteiger partial charge on any atom is 0.256 e. The van der Waals surface area contributed by atoms with Crippen molar-refractivity contribution in [2.75, 3.05) is 51.4 Å². The Labute approximate surface area is 281 Å². The molecule has 0 bridgehead atoms. The third kappa shape index (κ3) is 8.66. The van der Waals surface area contributed by atoms with Gasteiger partial charge in [0.25, 0.3) is 5.88 Å². The van der Waals surface area contributed by atoms with E-state index in [0.29, 0.717) is 61.6 Å². The Balaban J connectivity index is 1.13. The molecule has 1 aliphatic heterocycles. The quantitative estimate of drug-likeness (QED) is 0.178. The lowest BCUT2D eigenvalue weighted by atomic mass is 9.90. The minimum absolute atomic E-state index is 0.229. The fourth-order valence-electron chi connectivity index (χ4n) is 6.26. The Kier molecular flexibility index (Phi) is 11.5. The first-order valence-corrected chi connectivity index (χ1v) is 16.8. The van der Waals surface area contributed by atoms with Gasteiger partial charge in [0.05, 0.1) is 44.2 Å². The van der Waals surface area contributed by atoms with Crippen LogP contribution in [0.2, 0.25) is 0 Å². The van der Waals surface area contributed by atoms with Crippen LogP contribution in [-0.4, -0.2) is 97.7 Å². The number of aromatic nitrogens is 7. The zero-order chi connectivity index (χ0) is 33.1. The van der Waals surface area contributed by atoms with Gasteiger partial charge in [0.2, 0.25) is 5.95 Å². The average Bonchev–Trinajstić information content (AvgIpc) is 3.79. The molecule has 0 amide bonds. The first-order valence-electron chi connectivity index (χ1n) is 16.8. The summed E-state index contributed by atoms with van der Waals surface area (Å²) in [5, 5.41) is 22.0. The molecule has 1 aliphatic carbocycles. The normalized spacial score (nSPS) is 19.0. The molecule has 0 spiro atoms. The molecule has 4 heterocycles. The number of ether oxygens (including phenoxy) is 4. The van der Waals surface area contributed by atoms with Crippen molar-refractivity contribution < 1.29 is 18.9 Å². The maximum absolute atomic E-state index is 9.67. The third-order valence-corrected chi connectivity index (χ3v) is 8.75. The molecule has 3 aromatic heterocycles. The van der Waals surface area contributed by atoms with Gasteiger partial charge < -0.3 is 24.3 Å². The van der Waals surface area contributed by atoms with Gasteiger partial charge in [-0.3, -0.25) is 9.58 Å². The molecule has 1 atom stereocenters. The van der Waals surface area contributed by atoms with E-state index in [9.17, 15) is 5.26 Å². The number of nitrogens with zero attached hydrogens (tertiary/aromatic N) is 9. The Morgan fingerprint density at radius 3 is 2.58 bits per heavy atom. The lowest BCUT2D eigenvalue weighted by Gasteiger charge is -2.38. The van der Waals surface area contributed by atoms with Crippen LogP contribution in [-0.2, 0) is 16.0 Å². The van der Waals surface area contributed by atoms with Crippen molar-refractivity contribution in [2.45, 2.75) is 70.7 Å². The van der Waals surface area contributed by atoms with Gasteiger partial charge in [0.15, 0.2) is 0 Å². The molecule has 14 nitrogen and oxygen atoms in total. The largest absolute Gasteiger partial charge is 0.487 e. The van der Waals surface area contributed by atoms with E-state index >= 15 is 0 Å². The monoisotopic (exact) mass is 656 g/mol. The van der Waals surface area contributed by atoms with E-state index in [1.165, 1.54) is 6.33 Å². The molecular weight excluding hydrogens is 612 g/mol. The summed E-state index contributed by atoms with van der Waals surface area (Å²) in [6.07, 6.45) is 13.6. The second kappa shape index (κ2) is 16.5. The summed E-state index contributed by atoms with van der Waals surface area (Å²) < 4.78 is 27.0. The molecule has 0 unspecified atom stereocenters. The summed E-state index contributed by atoms with van der Waals surface area (Å²) >= 11 is 0. The van der Waals surface area contributed by atoms with Crippen molar-refractivity contribution >= 4 is 11.6 Å². The standard InChI is InChI=1S/C34H44N10O4/c1-3-45-13-4-14-47-33-31(22-44(41-33)30-9-7-29(8-10-30)42-11-15-46-16-12-42)40-34-37-19-28(20-38-34)26-5-6-27(18-35)32(17-26)48-25(2)21-43-24-36-23-39-43/h5-6,17,19-20,22-25,29-30H,3-4,7-16,21H2,1-2H3,(H,37,38,40)/t25-,29-,30-/m0/s1. The van der Waals surface area contributed by atoms with E-state index < -0.39 is 0 Å². The van der Waals surface area contributed by atoms with Crippen LogP contribution in [0.1, 0.15) is 57.6 Å². The van der Waals surface area contributed by atoms with Gasteiger partial charge in [0.1, 0.15) is 36.3 Å². The fourth-order valence-corrected chi connectivity index (χ4v) is 6.26. The smallest absolute Gasteiger partial charge is 0.256 e. The average molecular weight is 657 g/mol. The lowest BCUT2D eigenvalue weighted by Crippen LogP contribution is -2.45. The summed E-state index contributed by atoms with van der Waals surface area (Å²) in [5.74, 6) is 1.45. The van der Waals surface area contributed by atoms with E-state index in [1.807, 2.05) is 36.9 Å². The fraction of sp³-hybridized carbons (Fsp3) is 0.529. The van der Waals surface area contributed by atoms with Gasteiger partial charge >= 0.3 is 0 Å². The van der Waals surface area contributed by atoms with Crippen molar-refractivity contribution in [2.24, 2.45) is 0 Å². The molecule has 4 aromatic rings. The highest BCUT2D eigenvalue weighted by Crippen LogP contribution is 2.35. The maximum atomic E-state index is 9.67. The lowest BCUT2D eigenvalue weighted by molar-refractivity contribution is 0.00502. The Hall–Kier alpha value is -4.58. The van der Waals surface area contributed by atoms with Crippen molar-refractivity contribution in [3.05, 3.63) is 55.0 Å². The molecule has 2 aliphatic rings. The Morgan fingerprint density at radius 1 is 1.06 bits per heavy atom. The number of nitriles is 1. The van der Waals surface area contributed by atoms with Gasteiger partial charge in [-0.05, 0) is 57.2 Å². The van der Waals surface area contributed by atoms with E-state index in [-0.39, 0.29) is 6.10 Å². The second-order valence-corrected chi connectivity index (χ2v) is 12.1. The SMILES string of the molecule is CCOCCCOc1nn([C@H]2CC[C@H](N3CCOCC3)CC2)cc1Nc1ncc(-c2ccc(C#N)c(O[C@@H](C)Cn3cncn3)c2)cn1. The summed E-state index contributed by atoms with van der Waals surface area (Å²) in [7, 11) is 0. The van der Waals surface area contributed by atoms with E-state index in [0.717, 1.165) is 75.2 Å². The zero-order valence-electron chi connectivity index (χ0n) is 27.7. The summed E-state index contributed by atoms with van der Waals surface area (Å²) in [4.78, 5) is 15.8. The summed E-state index contributed by atoms with van der Waals surface area (Å²) in [6.45, 7) is 9.93. The van der Waals surface area contributed by atoms with Crippen LogP contribution >= 0.6 is 0 Å². The van der Waals surface area contributed by atoms with Crippen LogP contribution in [0.25, 0.3) is 11.1 Å². The molecule has 48 heavy (non-hydrogen) atoms. The third-order valence-electron chi connectivity index (χ3n) is 8.75. The molecule has 1 saturated carbocycles. The van der Waals surface area contributed by atoms with Crippen LogP contribution in [0.3, 0.4) is 0 Å². The molecule has 1 saturated heterocycles. The van der Waals surface area contributed by atoms with Crippen LogP contribution < -0.4 is 14.8 Å². The highest BCUT2D eigenvalue weighted by atomic mass is 16.5. The van der Waals surface area contributed by atoms with Gasteiger partial charge in [-0.15, -0.1) is 5.10 Å². The van der Waals surface area contributed by atoms with Crippen LogP contribution in [0, 0.1) is 11.3 Å². The van der Waals surface area contributed by atoms with Gasteiger partial charge in [0, 0.05) is 56.7 Å². The number of benzene rings is 1. The number of anilines is 2. The van der Waals surface area contributed by atoms with Gasteiger partial charge in [-0.2, -0.15) is 10.4 Å². The number of hydrogen-bond donors (Lipinski definition) is 1. The first kappa shape index (κ1) is 33.3. The molecule has 254 valence electrons. The van der Waals surface area contributed by atoms with Gasteiger partial charge in [-0.25, -0.2) is 19.6 Å². The Bertz CT molecular complexity index is 1610. The van der Waals surface area contributed by atoms with Crippen LogP contribution in [0.15, 0.2) is 49.4 Å². The number of rotatable bonds is 15. The van der Waals surface area contributed by atoms with Gasteiger partial charge in [-0.1, -0.05) is 6.07 Å². The molecule has 1 aromatic carbocycles. The molecular formula is C34H44N10O4. The number of hydrogen-bond acceptors (Lipinski definition) is 12. The van der Waals surface area contributed by atoms with Crippen molar-refractivity contribution in [3.8, 4) is 28.8 Å². The highest BCUT2D eigenvalue weighted by molar-refractivity contribution is 5.67. The van der Waals surface area contributed by atoms with E-state index in [1.54, 1.807) is 29.5 Å². The zero-order valence-corrected chi connectivity index (χ0v) is 27.7. The minimum atomic E-state index is -0.229. The van der Waals surface area contributed by atoms with Crippen molar-refractivity contribution in [1.29, 1.82) is 5.26 Å². The topological polar surface area (TPSA) is 150 Å². The molecule has 14 heteroatoms. The predicted octanol–water partition coefficient (Wildman–Crippen LogP) is 4.64. The molecule has 1 N–H and O–H groups in total. The van der Waals surface area contributed by atoms with Crippen LogP contribution in [0.5, 0.6) is 11.6 Å². The van der Waals surface area contributed by atoms with Crippen molar-refractivity contribution in [1.82, 2.24) is 39.4 Å². The van der Waals surface area contributed by atoms with E-state index in [4.69, 9.17) is 24.0 Å². The predicted molar refractivity (Wildman–Crippen MR) is 178 cm³/mol. The van der Waals surface area contributed by atoms with E-state index in [2.05, 4.69) is 36.3 Å². The summed E-state index contributed by atoms with van der Waals surface area (Å²) in [5.41, 5.74) is 2.80. The van der Waals surface area contributed by atoms with Crippen LogP contribution in [0.4, 0.5) is 11.6 Å². The first-order chi connectivity index (χ1) is 23.6. The number of nitrogens with one attached hydrogen (secondary N) is 1. The molecule has 6 rings (SSSR count). The number of morpholine rings is 1.